The number of hydrogen-bond acceptors (Lipinski definition) is 3. The van der Waals surface area contributed by atoms with Crippen LogP contribution in [-0.2, 0) is 11.0 Å². The SMILES string of the molecule is Cc1ccccc1C(=O)Nc1cccc(SCC(=O)Nc2c(F)c(F)c(C(F)(F)F)c(F)c2F)c1. The summed E-state index contributed by atoms with van der Waals surface area (Å²) in [6, 6.07) is 13.1. The molecule has 0 aliphatic rings. The molecular weight excluding hydrogens is 501 g/mol. The average molecular weight is 516 g/mol. The van der Waals surface area contributed by atoms with E-state index < -0.39 is 52.4 Å². The van der Waals surface area contributed by atoms with Gasteiger partial charge in [0.25, 0.3) is 5.91 Å². The summed E-state index contributed by atoms with van der Waals surface area (Å²) in [5, 5.41) is 4.24. The topological polar surface area (TPSA) is 58.2 Å². The van der Waals surface area contributed by atoms with Gasteiger partial charge in [0.2, 0.25) is 5.91 Å². The van der Waals surface area contributed by atoms with Gasteiger partial charge in [-0.3, -0.25) is 9.59 Å². The highest BCUT2D eigenvalue weighted by Gasteiger charge is 2.42. The summed E-state index contributed by atoms with van der Waals surface area (Å²) in [6.45, 7) is 1.76. The summed E-state index contributed by atoms with van der Waals surface area (Å²) in [7, 11) is 0. The molecule has 0 spiro atoms. The lowest BCUT2D eigenvalue weighted by Crippen LogP contribution is -2.21. The largest absolute Gasteiger partial charge is 0.422 e. The highest BCUT2D eigenvalue weighted by atomic mass is 32.2. The molecular formula is C23H15F7N2O2S. The smallest absolute Gasteiger partial charge is 0.322 e. The van der Waals surface area contributed by atoms with Gasteiger partial charge in [-0.25, -0.2) is 17.6 Å². The molecule has 3 rings (SSSR count). The molecule has 0 unspecified atom stereocenters. The van der Waals surface area contributed by atoms with Crippen molar-refractivity contribution in [2.24, 2.45) is 0 Å². The van der Waals surface area contributed by atoms with Crippen molar-refractivity contribution >= 4 is 35.0 Å². The van der Waals surface area contributed by atoms with E-state index in [4.69, 9.17) is 0 Å². The normalized spacial score (nSPS) is 11.3. The number of aryl methyl sites for hydroxylation is 1. The van der Waals surface area contributed by atoms with Crippen molar-refractivity contribution in [3.63, 3.8) is 0 Å². The fourth-order valence-electron chi connectivity index (χ4n) is 3.00. The number of hydrogen-bond donors (Lipinski definition) is 2. The molecule has 2 amide bonds. The van der Waals surface area contributed by atoms with Gasteiger partial charge in [-0.2, -0.15) is 13.2 Å². The van der Waals surface area contributed by atoms with E-state index in [1.165, 1.54) is 6.07 Å². The van der Waals surface area contributed by atoms with Gasteiger partial charge in [-0.05, 0) is 36.8 Å². The Morgan fingerprint density at radius 3 is 2.09 bits per heavy atom. The summed E-state index contributed by atoms with van der Waals surface area (Å²) >= 11 is 0.840. The monoisotopic (exact) mass is 516 g/mol. The summed E-state index contributed by atoms with van der Waals surface area (Å²) in [5.74, 6) is -12.1. The maximum absolute atomic E-state index is 14.0. The first-order valence-corrected chi connectivity index (χ1v) is 10.7. The van der Waals surface area contributed by atoms with Crippen molar-refractivity contribution in [2.45, 2.75) is 18.0 Å². The maximum Gasteiger partial charge on any atom is 0.422 e. The zero-order valence-electron chi connectivity index (χ0n) is 17.7. The number of thioether (sulfide) groups is 1. The molecule has 12 heteroatoms. The number of anilines is 2. The first-order chi connectivity index (χ1) is 16.4. The van der Waals surface area contributed by atoms with Crippen molar-refractivity contribution in [2.75, 3.05) is 16.4 Å². The summed E-state index contributed by atoms with van der Waals surface area (Å²) < 4.78 is 93.3. The highest BCUT2D eigenvalue weighted by Crippen LogP contribution is 2.38. The number of halogens is 7. The molecule has 3 aromatic carbocycles. The van der Waals surface area contributed by atoms with E-state index in [0.29, 0.717) is 16.1 Å². The third-order valence-electron chi connectivity index (χ3n) is 4.66. The van der Waals surface area contributed by atoms with Gasteiger partial charge >= 0.3 is 6.18 Å². The van der Waals surface area contributed by atoms with E-state index in [2.05, 4.69) is 5.32 Å². The minimum atomic E-state index is -5.69. The molecule has 0 saturated heterocycles. The first kappa shape index (κ1) is 26.1. The van der Waals surface area contributed by atoms with Crippen molar-refractivity contribution in [3.8, 4) is 0 Å². The first-order valence-electron chi connectivity index (χ1n) is 9.73. The van der Waals surface area contributed by atoms with Crippen LogP contribution in [0.2, 0.25) is 0 Å². The van der Waals surface area contributed by atoms with Crippen LogP contribution in [0.15, 0.2) is 53.4 Å². The number of carbonyl (C=O) groups excluding carboxylic acids is 2. The molecule has 184 valence electrons. The number of nitrogens with one attached hydrogen (secondary N) is 2. The second-order valence-corrected chi connectivity index (χ2v) is 8.19. The van der Waals surface area contributed by atoms with E-state index >= 15 is 0 Å². The number of alkyl halides is 3. The van der Waals surface area contributed by atoms with Gasteiger partial charge in [0.05, 0.1) is 5.75 Å². The van der Waals surface area contributed by atoms with Gasteiger partial charge in [-0.15, -0.1) is 11.8 Å². The minimum absolute atomic E-state index is 0.375. The Hall–Kier alpha value is -3.54. The molecule has 0 aromatic heterocycles. The maximum atomic E-state index is 14.0. The Morgan fingerprint density at radius 1 is 0.857 bits per heavy atom. The van der Waals surface area contributed by atoms with Crippen molar-refractivity contribution in [1.82, 2.24) is 0 Å². The van der Waals surface area contributed by atoms with Crippen LogP contribution in [0, 0.1) is 30.2 Å². The molecule has 0 bridgehead atoms. The molecule has 0 aliphatic heterocycles. The van der Waals surface area contributed by atoms with Crippen LogP contribution >= 0.6 is 11.8 Å². The van der Waals surface area contributed by atoms with Gasteiger partial charge in [-0.1, -0.05) is 24.3 Å². The van der Waals surface area contributed by atoms with E-state index in [9.17, 15) is 40.3 Å². The van der Waals surface area contributed by atoms with E-state index in [0.717, 1.165) is 17.3 Å². The van der Waals surface area contributed by atoms with Crippen LogP contribution < -0.4 is 10.6 Å². The predicted molar refractivity (Wildman–Crippen MR) is 116 cm³/mol. The fraction of sp³-hybridized carbons (Fsp3) is 0.130. The number of benzene rings is 3. The van der Waals surface area contributed by atoms with Gasteiger partial charge in [0.1, 0.15) is 11.3 Å². The number of carbonyl (C=O) groups is 2. The van der Waals surface area contributed by atoms with Crippen LogP contribution in [0.5, 0.6) is 0 Å². The molecule has 35 heavy (non-hydrogen) atoms. The molecule has 0 radical (unpaired) electrons. The molecule has 4 nitrogen and oxygen atoms in total. The third kappa shape index (κ3) is 5.94. The van der Waals surface area contributed by atoms with Crippen LogP contribution in [0.25, 0.3) is 0 Å². The van der Waals surface area contributed by atoms with Crippen LogP contribution in [0.1, 0.15) is 21.5 Å². The second-order valence-electron chi connectivity index (χ2n) is 7.14. The van der Waals surface area contributed by atoms with Crippen molar-refractivity contribution in [3.05, 3.63) is 88.5 Å². The van der Waals surface area contributed by atoms with E-state index in [1.807, 2.05) is 0 Å². The summed E-state index contributed by atoms with van der Waals surface area (Å²) in [5.41, 5.74) is -2.82. The molecule has 0 aliphatic carbocycles. The van der Waals surface area contributed by atoms with Crippen molar-refractivity contribution in [1.29, 1.82) is 0 Å². The highest BCUT2D eigenvalue weighted by molar-refractivity contribution is 8.00. The van der Waals surface area contributed by atoms with E-state index in [1.54, 1.807) is 54.7 Å². The Balaban J connectivity index is 1.69. The second kappa shape index (κ2) is 10.4. The third-order valence-corrected chi connectivity index (χ3v) is 5.66. The van der Waals surface area contributed by atoms with Gasteiger partial charge in [0.15, 0.2) is 23.3 Å². The van der Waals surface area contributed by atoms with E-state index in [-0.39, 0.29) is 5.91 Å². The Morgan fingerprint density at radius 2 is 1.49 bits per heavy atom. The Bertz CT molecular complexity index is 1270. The van der Waals surface area contributed by atoms with Crippen molar-refractivity contribution < 1.29 is 40.3 Å². The minimum Gasteiger partial charge on any atom is -0.322 e. The molecule has 3 aromatic rings. The Kier molecular flexibility index (Phi) is 7.73. The zero-order valence-corrected chi connectivity index (χ0v) is 18.5. The van der Waals surface area contributed by atoms with Crippen LogP contribution in [0.4, 0.5) is 42.1 Å². The number of amides is 2. The number of rotatable bonds is 6. The molecule has 0 heterocycles. The Labute approximate surface area is 198 Å². The van der Waals surface area contributed by atoms with Gasteiger partial charge < -0.3 is 10.6 Å². The summed E-state index contributed by atoms with van der Waals surface area (Å²) in [6.07, 6.45) is -5.69. The molecule has 2 N–H and O–H groups in total. The van der Waals surface area contributed by atoms with Crippen LogP contribution in [-0.4, -0.2) is 17.6 Å². The van der Waals surface area contributed by atoms with Gasteiger partial charge in [0, 0.05) is 16.1 Å². The standard InChI is InChI=1S/C23H15F7N2O2S/c1-11-5-2-3-8-14(11)22(34)31-12-6-4-7-13(9-12)35-10-15(33)32-21-19(26)17(24)16(23(28,29)30)18(25)20(21)27/h2-9H,10H2,1H3,(H,31,34)(H,32,33). The summed E-state index contributed by atoms with van der Waals surface area (Å²) in [4.78, 5) is 25.0. The lowest BCUT2D eigenvalue weighted by atomic mass is 10.1. The average Bonchev–Trinajstić information content (AvgIpc) is 2.79. The predicted octanol–water partition coefficient (Wildman–Crippen LogP) is 6.55. The fourth-order valence-corrected chi connectivity index (χ4v) is 3.76. The molecule has 0 saturated carbocycles. The zero-order chi connectivity index (χ0) is 25.9. The lowest BCUT2D eigenvalue weighted by Gasteiger charge is -2.14. The molecule has 0 atom stereocenters. The molecule has 0 fully saturated rings. The quantitative estimate of drug-likeness (QED) is 0.222. The lowest BCUT2D eigenvalue weighted by molar-refractivity contribution is -0.143. The van der Waals surface area contributed by atoms with Crippen LogP contribution in [0.3, 0.4) is 0 Å².